The largest absolute Gasteiger partial charge is 0.345 e. The van der Waals surface area contributed by atoms with Crippen LogP contribution in [0.5, 0.6) is 0 Å². The fourth-order valence-electron chi connectivity index (χ4n) is 2.26. The summed E-state index contributed by atoms with van der Waals surface area (Å²) < 4.78 is 0. The summed E-state index contributed by atoms with van der Waals surface area (Å²) >= 11 is 12.4. The van der Waals surface area contributed by atoms with Crippen molar-refractivity contribution in [3.63, 3.8) is 0 Å². The van der Waals surface area contributed by atoms with Gasteiger partial charge in [-0.3, -0.25) is 0 Å². The summed E-state index contributed by atoms with van der Waals surface area (Å²) in [5, 5.41) is 9.15. The van der Waals surface area contributed by atoms with E-state index < -0.39 is 5.69 Å². The van der Waals surface area contributed by atoms with Crippen molar-refractivity contribution in [2.45, 2.75) is 12.8 Å². The van der Waals surface area contributed by atoms with Gasteiger partial charge in [-0.1, -0.05) is 36.2 Å². The number of benzene rings is 1. The second-order valence-electron chi connectivity index (χ2n) is 4.68. The molecule has 1 unspecified atom stereocenters. The van der Waals surface area contributed by atoms with E-state index in [0.29, 0.717) is 32.7 Å². The molecule has 106 valence electrons. The van der Waals surface area contributed by atoms with Crippen molar-refractivity contribution < 1.29 is 0 Å². The lowest BCUT2D eigenvalue weighted by molar-refractivity contribution is 0.895. The standard InChI is InChI=1S/C14H10Cl2N4O/c1-6-11(17)13(10-7(15)3-2-4-8(10)16)19-9-5-18-14(21)20-12(6)9/h2-6,17H,1H3,(H,18,20,21). The maximum absolute atomic E-state index is 11.3. The van der Waals surface area contributed by atoms with Crippen molar-refractivity contribution in [2.24, 2.45) is 4.99 Å². The number of aromatic nitrogens is 2. The predicted molar refractivity (Wildman–Crippen MR) is 83.7 cm³/mol. The summed E-state index contributed by atoms with van der Waals surface area (Å²) in [6, 6.07) is 5.13. The highest BCUT2D eigenvalue weighted by Crippen LogP contribution is 2.34. The lowest BCUT2D eigenvalue weighted by Crippen LogP contribution is -2.27. The Morgan fingerprint density at radius 2 is 1.95 bits per heavy atom. The molecule has 0 saturated carbocycles. The molecule has 5 nitrogen and oxygen atoms in total. The first kappa shape index (κ1) is 14.0. The smallest absolute Gasteiger partial charge is 0.307 e. The Labute approximate surface area is 130 Å². The van der Waals surface area contributed by atoms with E-state index in [1.165, 1.54) is 6.20 Å². The van der Waals surface area contributed by atoms with Crippen LogP contribution in [0.25, 0.3) is 0 Å². The highest BCUT2D eigenvalue weighted by atomic mass is 35.5. The Morgan fingerprint density at radius 3 is 2.62 bits per heavy atom. The third-order valence-electron chi connectivity index (χ3n) is 3.37. The Morgan fingerprint density at radius 1 is 1.29 bits per heavy atom. The molecule has 0 aliphatic carbocycles. The molecule has 0 fully saturated rings. The predicted octanol–water partition coefficient (Wildman–Crippen LogP) is 3.33. The molecule has 1 aliphatic heterocycles. The van der Waals surface area contributed by atoms with E-state index >= 15 is 0 Å². The number of nitrogens with one attached hydrogen (secondary N) is 2. The topological polar surface area (TPSA) is 82.0 Å². The lowest BCUT2D eigenvalue weighted by atomic mass is 9.90. The maximum Gasteiger partial charge on any atom is 0.345 e. The molecule has 7 heteroatoms. The number of fused-ring (bicyclic) bond motifs is 1. The number of aliphatic imine (C=N–C) groups is 1. The molecule has 1 aliphatic rings. The van der Waals surface area contributed by atoms with Crippen molar-refractivity contribution in [3.05, 3.63) is 56.2 Å². The average molecular weight is 321 g/mol. The maximum atomic E-state index is 11.3. The summed E-state index contributed by atoms with van der Waals surface area (Å²) in [6.07, 6.45) is 1.39. The molecule has 1 aromatic heterocycles. The zero-order chi connectivity index (χ0) is 15.1. The monoisotopic (exact) mass is 320 g/mol. The molecule has 0 amide bonds. The van der Waals surface area contributed by atoms with Crippen LogP contribution in [0.1, 0.15) is 24.1 Å². The van der Waals surface area contributed by atoms with Gasteiger partial charge in [-0.25, -0.2) is 9.79 Å². The highest BCUT2D eigenvalue weighted by molar-refractivity contribution is 6.55. The third kappa shape index (κ3) is 2.28. The van der Waals surface area contributed by atoms with Crippen LogP contribution in [0.3, 0.4) is 0 Å². The molecule has 1 aromatic carbocycles. The average Bonchev–Trinajstić information content (AvgIpc) is 2.44. The van der Waals surface area contributed by atoms with Crippen molar-refractivity contribution in [2.75, 3.05) is 0 Å². The number of rotatable bonds is 1. The summed E-state index contributed by atoms with van der Waals surface area (Å²) in [5.74, 6) is -0.324. The highest BCUT2D eigenvalue weighted by Gasteiger charge is 2.29. The van der Waals surface area contributed by atoms with E-state index in [2.05, 4.69) is 15.0 Å². The number of H-pyrrole nitrogens is 1. The van der Waals surface area contributed by atoms with Crippen LogP contribution in [0.2, 0.25) is 10.0 Å². The van der Waals surface area contributed by atoms with Gasteiger partial charge in [0.1, 0.15) is 5.69 Å². The van der Waals surface area contributed by atoms with Crippen LogP contribution in [-0.4, -0.2) is 21.4 Å². The van der Waals surface area contributed by atoms with Crippen molar-refractivity contribution in [3.8, 4) is 0 Å². The minimum atomic E-state index is -0.456. The molecule has 3 rings (SSSR count). The lowest BCUT2D eigenvalue weighted by Gasteiger charge is -2.23. The van der Waals surface area contributed by atoms with Crippen LogP contribution in [0.4, 0.5) is 5.69 Å². The summed E-state index contributed by atoms with van der Waals surface area (Å²) in [6.45, 7) is 1.82. The van der Waals surface area contributed by atoms with E-state index in [1.54, 1.807) is 18.2 Å². The zero-order valence-electron chi connectivity index (χ0n) is 10.9. The van der Waals surface area contributed by atoms with Gasteiger partial charge < -0.3 is 10.4 Å². The minimum Gasteiger partial charge on any atom is -0.307 e. The molecule has 0 bridgehead atoms. The fourth-order valence-corrected chi connectivity index (χ4v) is 2.84. The Balaban J connectivity index is 2.27. The van der Waals surface area contributed by atoms with Gasteiger partial charge in [0.2, 0.25) is 0 Å². The first-order valence-electron chi connectivity index (χ1n) is 6.20. The second kappa shape index (κ2) is 5.09. The molecule has 0 radical (unpaired) electrons. The van der Waals surface area contributed by atoms with Gasteiger partial charge in [-0.15, -0.1) is 0 Å². The first-order chi connectivity index (χ1) is 9.99. The number of hydrogen-bond acceptors (Lipinski definition) is 4. The molecule has 0 saturated heterocycles. The summed E-state index contributed by atoms with van der Waals surface area (Å²) in [4.78, 5) is 22.0. The summed E-state index contributed by atoms with van der Waals surface area (Å²) in [5.41, 5.74) is 1.81. The van der Waals surface area contributed by atoms with Crippen LogP contribution in [0, 0.1) is 5.41 Å². The third-order valence-corrected chi connectivity index (χ3v) is 4.00. The van der Waals surface area contributed by atoms with E-state index in [0.717, 1.165) is 0 Å². The molecule has 1 atom stereocenters. The van der Waals surface area contributed by atoms with Gasteiger partial charge in [0, 0.05) is 11.5 Å². The molecular weight excluding hydrogens is 311 g/mol. The number of aromatic amines is 1. The van der Waals surface area contributed by atoms with Crippen molar-refractivity contribution in [1.82, 2.24) is 9.97 Å². The van der Waals surface area contributed by atoms with Crippen molar-refractivity contribution >= 4 is 40.3 Å². The minimum absolute atomic E-state index is 0.249. The van der Waals surface area contributed by atoms with E-state index in [4.69, 9.17) is 28.6 Å². The van der Waals surface area contributed by atoms with Gasteiger partial charge in [-0.2, -0.15) is 4.98 Å². The Kier molecular flexibility index (Phi) is 3.39. The second-order valence-corrected chi connectivity index (χ2v) is 5.49. The molecule has 2 aromatic rings. The molecule has 2 N–H and O–H groups in total. The van der Waals surface area contributed by atoms with E-state index in [-0.39, 0.29) is 11.6 Å². The number of hydrogen-bond donors (Lipinski definition) is 2. The van der Waals surface area contributed by atoms with E-state index in [9.17, 15) is 4.79 Å². The van der Waals surface area contributed by atoms with Gasteiger partial charge >= 0.3 is 5.69 Å². The SMILES string of the molecule is CC1C(=N)C(c2c(Cl)cccc2Cl)=Nc2cnc(=O)[nH]c21. The number of nitrogens with zero attached hydrogens (tertiary/aromatic N) is 2. The summed E-state index contributed by atoms with van der Waals surface area (Å²) in [7, 11) is 0. The Hall–Kier alpha value is -1.98. The van der Waals surface area contributed by atoms with Gasteiger partial charge in [0.05, 0.1) is 33.4 Å². The van der Waals surface area contributed by atoms with Gasteiger partial charge in [0.25, 0.3) is 0 Å². The van der Waals surface area contributed by atoms with Crippen molar-refractivity contribution in [1.29, 1.82) is 5.41 Å². The fraction of sp³-hybridized carbons (Fsp3) is 0.143. The normalized spacial score (nSPS) is 17.4. The molecule has 21 heavy (non-hydrogen) atoms. The molecule has 0 spiro atoms. The van der Waals surface area contributed by atoms with Gasteiger partial charge in [0.15, 0.2) is 0 Å². The van der Waals surface area contributed by atoms with Crippen LogP contribution < -0.4 is 5.69 Å². The van der Waals surface area contributed by atoms with Crippen LogP contribution >= 0.6 is 23.2 Å². The van der Waals surface area contributed by atoms with Crippen LogP contribution in [0.15, 0.2) is 34.2 Å². The quantitative estimate of drug-likeness (QED) is 0.844. The van der Waals surface area contributed by atoms with Gasteiger partial charge in [-0.05, 0) is 12.1 Å². The molecular formula is C14H10Cl2N4O. The Bertz CT molecular complexity index is 821. The van der Waals surface area contributed by atoms with Crippen LogP contribution in [-0.2, 0) is 0 Å². The van der Waals surface area contributed by atoms with E-state index in [1.807, 2.05) is 6.92 Å². The zero-order valence-corrected chi connectivity index (χ0v) is 12.5. The molecule has 2 heterocycles. The number of halogens is 2. The first-order valence-corrected chi connectivity index (χ1v) is 6.95.